The van der Waals surface area contributed by atoms with E-state index in [4.69, 9.17) is 5.11 Å². The van der Waals surface area contributed by atoms with Crippen molar-refractivity contribution in [1.29, 1.82) is 0 Å². The van der Waals surface area contributed by atoms with E-state index in [9.17, 15) is 9.59 Å². The summed E-state index contributed by atoms with van der Waals surface area (Å²) in [5.74, 6) is -0.973. The van der Waals surface area contributed by atoms with E-state index in [1.165, 1.54) is 19.1 Å². The van der Waals surface area contributed by atoms with Gasteiger partial charge in [0.05, 0.1) is 5.69 Å². The monoisotopic (exact) mass is 219 g/mol. The lowest BCUT2D eigenvalue weighted by molar-refractivity contribution is -0.113. The lowest BCUT2D eigenvalue weighted by atomic mass is 10.2. The molecule has 0 aromatic heterocycles. The first-order chi connectivity index (χ1) is 7.50. The molecule has 0 fully saturated rings. The van der Waals surface area contributed by atoms with Crippen LogP contribution in [-0.4, -0.2) is 22.4 Å². The van der Waals surface area contributed by atoms with E-state index in [-0.39, 0.29) is 11.5 Å². The fourth-order valence-electron chi connectivity index (χ4n) is 0.994. The second-order valence-electron chi connectivity index (χ2n) is 3.10. The van der Waals surface area contributed by atoms with Crippen molar-refractivity contribution >= 4 is 23.0 Å². The molecule has 0 unspecified atom stereocenters. The highest BCUT2D eigenvalue weighted by atomic mass is 16.3. The molecule has 0 bridgehead atoms. The maximum absolute atomic E-state index is 11.0. The Balaban J connectivity index is 2.81. The third kappa shape index (κ3) is 3.20. The van der Waals surface area contributed by atoms with Crippen LogP contribution in [0.5, 0.6) is 5.75 Å². The summed E-state index contributed by atoms with van der Waals surface area (Å²) < 4.78 is 0. The number of Topliss-reactive ketones (excluding diaryl/α,β-unsaturated/α-hetero) is 2. The van der Waals surface area contributed by atoms with Gasteiger partial charge in [0.2, 0.25) is 0 Å². The van der Waals surface area contributed by atoms with E-state index in [1.807, 2.05) is 0 Å². The van der Waals surface area contributed by atoms with Gasteiger partial charge < -0.3 is 5.11 Å². The number of phenols is 1. The van der Waals surface area contributed by atoms with Crippen LogP contribution in [0.1, 0.15) is 6.92 Å². The largest absolute Gasteiger partial charge is 0.508 e. The van der Waals surface area contributed by atoms with Crippen LogP contribution in [0.4, 0.5) is 5.69 Å². The number of anilines is 1. The molecule has 0 atom stereocenters. The minimum atomic E-state index is -0.640. The minimum Gasteiger partial charge on any atom is -0.508 e. The van der Waals surface area contributed by atoms with E-state index >= 15 is 0 Å². The fourth-order valence-corrected chi connectivity index (χ4v) is 0.994. The highest BCUT2D eigenvalue weighted by Gasteiger charge is 2.11. The number of nitrogens with one attached hydrogen (secondary N) is 1. The van der Waals surface area contributed by atoms with Crippen LogP contribution in [0.3, 0.4) is 0 Å². The van der Waals surface area contributed by atoms with Crippen molar-refractivity contribution in [3.05, 3.63) is 31.2 Å². The molecule has 0 aliphatic carbocycles. The molecule has 0 amide bonds. The molecule has 1 aromatic rings. The van der Waals surface area contributed by atoms with Crippen LogP contribution in [0.15, 0.2) is 29.4 Å². The molecule has 0 aliphatic heterocycles. The Bertz CT molecular complexity index is 419. The third-order valence-corrected chi connectivity index (χ3v) is 1.76. The van der Waals surface area contributed by atoms with Crippen molar-refractivity contribution in [2.45, 2.75) is 6.92 Å². The number of aromatic hydroxyl groups is 1. The molecule has 1 radical (unpaired) electrons. The Morgan fingerprint density at radius 2 is 1.88 bits per heavy atom. The highest BCUT2D eigenvalue weighted by molar-refractivity contribution is 6.66. The average molecular weight is 219 g/mol. The van der Waals surface area contributed by atoms with Crippen molar-refractivity contribution < 1.29 is 14.7 Å². The van der Waals surface area contributed by atoms with E-state index in [0.717, 1.165) is 0 Å². The molecule has 5 heteroatoms. The minimum absolute atomic E-state index is 0.120. The number of hydrogen-bond acceptors (Lipinski definition) is 5. The highest BCUT2D eigenvalue weighted by Crippen LogP contribution is 2.13. The summed E-state index contributed by atoms with van der Waals surface area (Å²) in [6, 6.07) is 6.03. The Morgan fingerprint density at radius 3 is 2.31 bits per heavy atom. The first-order valence-corrected chi connectivity index (χ1v) is 4.50. The van der Waals surface area contributed by atoms with Crippen LogP contribution >= 0.6 is 0 Å². The molecule has 0 saturated heterocycles. The smallest absolute Gasteiger partial charge is 0.187 e. The van der Waals surface area contributed by atoms with Crippen LogP contribution in [0.25, 0.3) is 0 Å². The van der Waals surface area contributed by atoms with Gasteiger partial charge >= 0.3 is 0 Å². The summed E-state index contributed by atoms with van der Waals surface area (Å²) in [7, 11) is 0. The number of carbonyl (C=O) groups is 2. The van der Waals surface area contributed by atoms with Gasteiger partial charge in [0, 0.05) is 13.8 Å². The normalized spacial score (nSPS) is 11.0. The first kappa shape index (κ1) is 11.9. The number of carbonyl (C=O) groups excluding carboxylic acids is 2. The predicted molar refractivity (Wildman–Crippen MR) is 60.2 cm³/mol. The van der Waals surface area contributed by atoms with Gasteiger partial charge in [-0.05, 0) is 24.3 Å². The summed E-state index contributed by atoms with van der Waals surface area (Å²) >= 11 is 0. The molecule has 0 saturated carbocycles. The molecule has 1 aromatic carbocycles. The Kier molecular flexibility index (Phi) is 3.77. The standard InChI is InChI=1S/C11H11N2O3/c1-7(14)11(8(2)15)13-12-9-3-5-10(16)6-4-9/h3-6,12,16H,1H2,2H3. The molecule has 0 aliphatic rings. The molecular formula is C11H11N2O3. The molecule has 16 heavy (non-hydrogen) atoms. The zero-order chi connectivity index (χ0) is 12.1. The van der Waals surface area contributed by atoms with Crippen molar-refractivity contribution in [1.82, 2.24) is 0 Å². The van der Waals surface area contributed by atoms with Gasteiger partial charge in [0.1, 0.15) is 5.75 Å². The molecule has 1 rings (SSSR count). The van der Waals surface area contributed by atoms with Gasteiger partial charge in [0.15, 0.2) is 17.3 Å². The first-order valence-electron chi connectivity index (χ1n) is 4.50. The van der Waals surface area contributed by atoms with E-state index < -0.39 is 11.6 Å². The molecule has 5 nitrogen and oxygen atoms in total. The van der Waals surface area contributed by atoms with Gasteiger partial charge in [0.25, 0.3) is 0 Å². The predicted octanol–water partition coefficient (Wildman–Crippen LogP) is 1.15. The van der Waals surface area contributed by atoms with Crippen molar-refractivity contribution in [2.24, 2.45) is 5.10 Å². The van der Waals surface area contributed by atoms with E-state index in [0.29, 0.717) is 5.69 Å². The lowest BCUT2D eigenvalue weighted by Crippen LogP contribution is -2.20. The second kappa shape index (κ2) is 5.06. The zero-order valence-corrected chi connectivity index (χ0v) is 8.73. The Morgan fingerprint density at radius 1 is 1.31 bits per heavy atom. The summed E-state index contributed by atoms with van der Waals surface area (Å²) in [4.78, 5) is 21.9. The number of benzene rings is 1. The third-order valence-electron chi connectivity index (χ3n) is 1.76. The second-order valence-corrected chi connectivity index (χ2v) is 3.10. The van der Waals surface area contributed by atoms with Gasteiger partial charge in [-0.3, -0.25) is 15.0 Å². The maximum Gasteiger partial charge on any atom is 0.187 e. The number of rotatable bonds is 4. The van der Waals surface area contributed by atoms with Gasteiger partial charge in [-0.1, -0.05) is 0 Å². The van der Waals surface area contributed by atoms with E-state index in [2.05, 4.69) is 17.5 Å². The SMILES string of the molecule is [CH2]C(=O)C(=NNc1ccc(O)cc1)C(C)=O. The number of phenolic OH excluding ortho intramolecular Hbond substituents is 1. The summed E-state index contributed by atoms with van der Waals surface area (Å²) in [5, 5.41) is 12.7. The molecule has 2 N–H and O–H groups in total. The molecule has 83 valence electrons. The molecule has 0 spiro atoms. The van der Waals surface area contributed by atoms with Crippen LogP contribution < -0.4 is 5.43 Å². The maximum atomic E-state index is 11.0. The van der Waals surface area contributed by atoms with Crippen LogP contribution in [0.2, 0.25) is 0 Å². The number of hydrazone groups is 1. The summed E-state index contributed by atoms with van der Waals surface area (Å²) in [6.07, 6.45) is 0. The number of ketones is 2. The molecular weight excluding hydrogens is 208 g/mol. The van der Waals surface area contributed by atoms with Gasteiger partial charge in [-0.25, -0.2) is 0 Å². The average Bonchev–Trinajstić information content (AvgIpc) is 2.20. The van der Waals surface area contributed by atoms with Crippen LogP contribution in [0, 0.1) is 6.92 Å². The number of hydrogen-bond donors (Lipinski definition) is 2. The molecule has 0 heterocycles. The Labute approximate surface area is 92.8 Å². The summed E-state index contributed by atoms with van der Waals surface area (Å²) in [6.45, 7) is 4.35. The van der Waals surface area contributed by atoms with Crippen molar-refractivity contribution in [2.75, 3.05) is 5.43 Å². The summed E-state index contributed by atoms with van der Waals surface area (Å²) in [5.41, 5.74) is 2.84. The fraction of sp³-hybridized carbons (Fsp3) is 0.0909. The van der Waals surface area contributed by atoms with E-state index in [1.54, 1.807) is 12.1 Å². The lowest BCUT2D eigenvalue weighted by Gasteiger charge is -2.02. The van der Waals surface area contributed by atoms with Gasteiger partial charge in [-0.2, -0.15) is 5.10 Å². The quantitative estimate of drug-likeness (QED) is 0.344. The zero-order valence-electron chi connectivity index (χ0n) is 8.73. The number of nitrogens with zero attached hydrogens (tertiary/aromatic N) is 1. The van der Waals surface area contributed by atoms with Gasteiger partial charge in [-0.15, -0.1) is 0 Å². The van der Waals surface area contributed by atoms with Crippen molar-refractivity contribution in [3.8, 4) is 5.75 Å². The van der Waals surface area contributed by atoms with Crippen LogP contribution in [-0.2, 0) is 9.59 Å². The van der Waals surface area contributed by atoms with Crippen molar-refractivity contribution in [3.63, 3.8) is 0 Å². The Hall–Kier alpha value is -2.17. The topological polar surface area (TPSA) is 78.8 Å².